The summed E-state index contributed by atoms with van der Waals surface area (Å²) in [6.07, 6.45) is 6.12. The second kappa shape index (κ2) is 9.83. The molecule has 0 N–H and O–H groups in total. The Bertz CT molecular complexity index is 886. The third kappa shape index (κ3) is 5.32. The molecule has 6 nitrogen and oxygen atoms in total. The molecular formula is C23H34N6. The molecule has 3 aromatic rings. The van der Waals surface area contributed by atoms with Gasteiger partial charge >= 0.3 is 0 Å². The summed E-state index contributed by atoms with van der Waals surface area (Å²) >= 11 is 0. The van der Waals surface area contributed by atoms with Crippen molar-refractivity contribution in [2.45, 2.75) is 53.0 Å². The first kappa shape index (κ1) is 21.2. The van der Waals surface area contributed by atoms with Crippen LogP contribution in [-0.4, -0.2) is 50.1 Å². The molecule has 0 unspecified atom stereocenters. The lowest BCUT2D eigenvalue weighted by Gasteiger charge is -2.14. The highest BCUT2D eigenvalue weighted by Crippen LogP contribution is 2.23. The van der Waals surface area contributed by atoms with E-state index in [4.69, 9.17) is 10.1 Å². The lowest BCUT2D eigenvalue weighted by Crippen LogP contribution is -2.14. The SMILES string of the molecule is CCC(CC)Cn1nc(CCCN(C)C)nc1-c1ccc(-n2nccc2C)cc1. The van der Waals surface area contributed by atoms with Crippen LogP contribution in [0.2, 0.25) is 0 Å². The van der Waals surface area contributed by atoms with E-state index in [1.54, 1.807) is 0 Å². The summed E-state index contributed by atoms with van der Waals surface area (Å²) in [4.78, 5) is 7.13. The summed E-state index contributed by atoms with van der Waals surface area (Å²) in [5.41, 5.74) is 3.29. The van der Waals surface area contributed by atoms with Crippen LogP contribution in [0, 0.1) is 12.8 Å². The lowest BCUT2D eigenvalue weighted by molar-refractivity contribution is 0.390. The lowest BCUT2D eigenvalue weighted by atomic mass is 10.0. The van der Waals surface area contributed by atoms with Crippen LogP contribution in [0.4, 0.5) is 0 Å². The number of hydrogen-bond donors (Lipinski definition) is 0. The first-order valence-corrected chi connectivity index (χ1v) is 10.7. The summed E-state index contributed by atoms with van der Waals surface area (Å²) in [5.74, 6) is 2.54. The summed E-state index contributed by atoms with van der Waals surface area (Å²) in [7, 11) is 4.21. The third-order valence-electron chi connectivity index (χ3n) is 5.51. The Labute approximate surface area is 174 Å². The zero-order valence-electron chi connectivity index (χ0n) is 18.5. The van der Waals surface area contributed by atoms with Crippen molar-refractivity contribution >= 4 is 0 Å². The molecule has 29 heavy (non-hydrogen) atoms. The van der Waals surface area contributed by atoms with Crippen molar-refractivity contribution in [3.05, 3.63) is 48.0 Å². The van der Waals surface area contributed by atoms with Gasteiger partial charge in [0.2, 0.25) is 0 Å². The molecule has 6 heteroatoms. The van der Waals surface area contributed by atoms with Crippen molar-refractivity contribution < 1.29 is 0 Å². The monoisotopic (exact) mass is 394 g/mol. The van der Waals surface area contributed by atoms with E-state index in [-0.39, 0.29) is 0 Å². The Morgan fingerprint density at radius 3 is 2.34 bits per heavy atom. The van der Waals surface area contributed by atoms with Crippen LogP contribution in [0.25, 0.3) is 17.1 Å². The molecule has 0 saturated carbocycles. The highest BCUT2D eigenvalue weighted by Gasteiger charge is 2.15. The van der Waals surface area contributed by atoms with Crippen molar-refractivity contribution in [1.29, 1.82) is 0 Å². The number of benzene rings is 1. The van der Waals surface area contributed by atoms with Gasteiger partial charge in [0, 0.05) is 30.4 Å². The van der Waals surface area contributed by atoms with Crippen LogP contribution in [0.1, 0.15) is 44.6 Å². The van der Waals surface area contributed by atoms with Crippen molar-refractivity contribution in [1.82, 2.24) is 29.4 Å². The number of aromatic nitrogens is 5. The highest BCUT2D eigenvalue weighted by molar-refractivity contribution is 5.57. The second-order valence-electron chi connectivity index (χ2n) is 8.05. The summed E-state index contributed by atoms with van der Waals surface area (Å²) < 4.78 is 4.07. The summed E-state index contributed by atoms with van der Waals surface area (Å²) in [6.45, 7) is 8.54. The van der Waals surface area contributed by atoms with E-state index in [1.807, 2.05) is 16.9 Å². The molecule has 0 aliphatic carbocycles. The molecule has 0 spiro atoms. The minimum absolute atomic E-state index is 0.621. The fourth-order valence-electron chi connectivity index (χ4n) is 3.57. The molecule has 0 radical (unpaired) electrons. The Kier molecular flexibility index (Phi) is 7.20. The molecule has 1 aromatic carbocycles. The van der Waals surface area contributed by atoms with Gasteiger partial charge in [0.05, 0.1) is 5.69 Å². The van der Waals surface area contributed by atoms with Gasteiger partial charge in [-0.3, -0.25) is 0 Å². The quantitative estimate of drug-likeness (QED) is 0.512. The minimum atomic E-state index is 0.621. The first-order valence-electron chi connectivity index (χ1n) is 10.7. The molecule has 156 valence electrons. The van der Waals surface area contributed by atoms with Gasteiger partial charge in [-0.05, 0) is 70.2 Å². The maximum Gasteiger partial charge on any atom is 0.158 e. The maximum atomic E-state index is 4.92. The van der Waals surface area contributed by atoms with Gasteiger partial charge in [0.1, 0.15) is 0 Å². The third-order valence-corrected chi connectivity index (χ3v) is 5.51. The van der Waals surface area contributed by atoms with Crippen LogP contribution in [0.5, 0.6) is 0 Å². The van der Waals surface area contributed by atoms with E-state index in [2.05, 4.69) is 73.8 Å². The standard InChI is InChI=1S/C23H34N6/c1-6-19(7-2)17-28-23(25-22(26-28)9-8-16-27(4)5)20-10-12-21(13-11-20)29-18(3)14-15-24-29/h10-15,19H,6-9,16-17H2,1-5H3. The fraction of sp³-hybridized carbons (Fsp3) is 0.522. The fourth-order valence-corrected chi connectivity index (χ4v) is 3.57. The normalized spacial score (nSPS) is 11.7. The molecule has 0 atom stereocenters. The van der Waals surface area contributed by atoms with E-state index in [9.17, 15) is 0 Å². The second-order valence-corrected chi connectivity index (χ2v) is 8.05. The summed E-state index contributed by atoms with van der Waals surface area (Å²) in [6, 6.07) is 10.5. The van der Waals surface area contributed by atoms with Gasteiger partial charge in [-0.15, -0.1) is 0 Å². The molecule has 0 bridgehead atoms. The zero-order chi connectivity index (χ0) is 20.8. The average molecular weight is 395 g/mol. The summed E-state index contributed by atoms with van der Waals surface area (Å²) in [5, 5.41) is 9.27. The van der Waals surface area contributed by atoms with E-state index in [0.29, 0.717) is 5.92 Å². The van der Waals surface area contributed by atoms with Crippen molar-refractivity contribution in [3.8, 4) is 17.1 Å². The van der Waals surface area contributed by atoms with E-state index < -0.39 is 0 Å². The van der Waals surface area contributed by atoms with Gasteiger partial charge in [0.15, 0.2) is 11.6 Å². The van der Waals surface area contributed by atoms with Gasteiger partial charge in [-0.25, -0.2) is 14.3 Å². The number of aryl methyl sites for hydroxylation is 2. The Morgan fingerprint density at radius 1 is 1.03 bits per heavy atom. The van der Waals surface area contributed by atoms with Crippen LogP contribution < -0.4 is 0 Å². The molecule has 2 aromatic heterocycles. The molecule has 0 saturated heterocycles. The van der Waals surface area contributed by atoms with Gasteiger partial charge < -0.3 is 4.90 Å². The van der Waals surface area contributed by atoms with Crippen LogP contribution in [-0.2, 0) is 13.0 Å². The zero-order valence-corrected chi connectivity index (χ0v) is 18.5. The largest absolute Gasteiger partial charge is 0.309 e. The predicted molar refractivity (Wildman–Crippen MR) is 118 cm³/mol. The molecule has 0 fully saturated rings. The molecule has 0 aliphatic heterocycles. The molecular weight excluding hydrogens is 360 g/mol. The Balaban J connectivity index is 1.87. The smallest absolute Gasteiger partial charge is 0.158 e. The number of nitrogens with zero attached hydrogens (tertiary/aromatic N) is 6. The van der Waals surface area contributed by atoms with Gasteiger partial charge in [-0.2, -0.15) is 10.2 Å². The van der Waals surface area contributed by atoms with Crippen molar-refractivity contribution in [2.24, 2.45) is 5.92 Å². The van der Waals surface area contributed by atoms with Crippen LogP contribution in [0.3, 0.4) is 0 Å². The van der Waals surface area contributed by atoms with E-state index in [0.717, 1.165) is 67.4 Å². The molecule has 3 rings (SSSR count). The first-order chi connectivity index (χ1) is 14.0. The predicted octanol–water partition coefficient (Wildman–Crippen LogP) is 4.37. The maximum absolute atomic E-state index is 4.92. The molecule has 0 amide bonds. The van der Waals surface area contributed by atoms with Gasteiger partial charge in [-0.1, -0.05) is 26.7 Å². The Morgan fingerprint density at radius 2 is 1.76 bits per heavy atom. The number of rotatable bonds is 10. The minimum Gasteiger partial charge on any atom is -0.309 e. The van der Waals surface area contributed by atoms with Gasteiger partial charge in [0.25, 0.3) is 0 Å². The molecule has 2 heterocycles. The van der Waals surface area contributed by atoms with Crippen molar-refractivity contribution in [3.63, 3.8) is 0 Å². The van der Waals surface area contributed by atoms with Crippen molar-refractivity contribution in [2.75, 3.05) is 20.6 Å². The topological polar surface area (TPSA) is 51.8 Å². The average Bonchev–Trinajstić information content (AvgIpc) is 3.32. The highest BCUT2D eigenvalue weighted by atomic mass is 15.3. The Hall–Kier alpha value is -2.47. The van der Waals surface area contributed by atoms with E-state index >= 15 is 0 Å². The van der Waals surface area contributed by atoms with Crippen LogP contribution >= 0.6 is 0 Å². The molecule has 0 aliphatic rings. The van der Waals surface area contributed by atoms with E-state index in [1.165, 1.54) is 0 Å². The van der Waals surface area contributed by atoms with Crippen LogP contribution in [0.15, 0.2) is 36.5 Å². The number of hydrogen-bond acceptors (Lipinski definition) is 4.